The molecule has 3 N–H and O–H groups in total. The van der Waals surface area contributed by atoms with E-state index in [1.165, 1.54) is 0 Å². The van der Waals surface area contributed by atoms with Crippen molar-refractivity contribution in [2.75, 3.05) is 38.0 Å². The van der Waals surface area contributed by atoms with Gasteiger partial charge in [0.25, 0.3) is 0 Å². The molecule has 0 saturated carbocycles. The molecule has 2 rings (SSSR count). The van der Waals surface area contributed by atoms with Gasteiger partial charge in [0.1, 0.15) is 12.1 Å². The SMILES string of the molecule is CC(C)(C)OC(=O)N1CCN(C(N)=NCC(=O)Nc2ccccc2)CC1.I. The molecule has 1 saturated heterocycles. The van der Waals surface area contributed by atoms with E-state index in [9.17, 15) is 9.59 Å². The molecule has 1 aromatic rings. The van der Waals surface area contributed by atoms with E-state index in [1.807, 2.05) is 43.9 Å². The number of benzene rings is 1. The lowest BCUT2D eigenvalue weighted by Gasteiger charge is -2.36. The van der Waals surface area contributed by atoms with E-state index in [2.05, 4.69) is 10.3 Å². The maximum Gasteiger partial charge on any atom is 0.410 e. The summed E-state index contributed by atoms with van der Waals surface area (Å²) in [5.41, 5.74) is 6.18. The van der Waals surface area contributed by atoms with E-state index < -0.39 is 5.60 Å². The van der Waals surface area contributed by atoms with Crippen molar-refractivity contribution in [1.29, 1.82) is 0 Å². The number of carbonyl (C=O) groups excluding carboxylic acids is 2. The number of hydrogen-bond acceptors (Lipinski definition) is 4. The molecule has 0 radical (unpaired) electrons. The van der Waals surface area contributed by atoms with Crippen LogP contribution in [0.3, 0.4) is 0 Å². The summed E-state index contributed by atoms with van der Waals surface area (Å²) >= 11 is 0. The van der Waals surface area contributed by atoms with Crippen LogP contribution in [-0.4, -0.2) is 66.1 Å². The highest BCUT2D eigenvalue weighted by Gasteiger charge is 2.26. The first kappa shape index (κ1) is 23.0. The number of nitrogens with two attached hydrogens (primary N) is 1. The van der Waals surface area contributed by atoms with Crippen LogP contribution < -0.4 is 11.1 Å². The second kappa shape index (κ2) is 10.3. The quantitative estimate of drug-likeness (QED) is 0.385. The van der Waals surface area contributed by atoms with Crippen LogP contribution in [0.15, 0.2) is 35.3 Å². The van der Waals surface area contributed by atoms with Gasteiger partial charge in [-0.05, 0) is 32.9 Å². The smallest absolute Gasteiger partial charge is 0.410 e. The van der Waals surface area contributed by atoms with Gasteiger partial charge in [-0.2, -0.15) is 0 Å². The summed E-state index contributed by atoms with van der Waals surface area (Å²) in [6.07, 6.45) is -0.324. The number of anilines is 1. The third kappa shape index (κ3) is 8.02. The van der Waals surface area contributed by atoms with Gasteiger partial charge in [-0.25, -0.2) is 9.79 Å². The van der Waals surface area contributed by atoms with Gasteiger partial charge in [-0.3, -0.25) is 4.79 Å². The van der Waals surface area contributed by atoms with Gasteiger partial charge in [-0.1, -0.05) is 18.2 Å². The standard InChI is InChI=1S/C18H27N5O3.HI/c1-18(2,3)26-17(25)23-11-9-22(10-12-23)16(19)20-13-15(24)21-14-7-5-4-6-8-14;/h4-8H,9-13H2,1-3H3,(H2,19,20)(H,21,24);1H. The summed E-state index contributed by atoms with van der Waals surface area (Å²) in [5.74, 6) is 0.0728. The van der Waals surface area contributed by atoms with Crippen molar-refractivity contribution in [3.63, 3.8) is 0 Å². The molecule has 2 amide bonds. The first-order valence-electron chi connectivity index (χ1n) is 8.62. The zero-order chi connectivity index (χ0) is 19.2. The predicted molar refractivity (Wildman–Crippen MR) is 116 cm³/mol. The van der Waals surface area contributed by atoms with Crippen LogP contribution in [0.5, 0.6) is 0 Å². The van der Waals surface area contributed by atoms with Gasteiger partial charge in [0.05, 0.1) is 0 Å². The summed E-state index contributed by atoms with van der Waals surface area (Å²) in [6.45, 7) is 7.57. The van der Waals surface area contributed by atoms with Gasteiger partial charge in [0.2, 0.25) is 5.91 Å². The lowest BCUT2D eigenvalue weighted by molar-refractivity contribution is -0.114. The zero-order valence-electron chi connectivity index (χ0n) is 16.0. The van der Waals surface area contributed by atoms with Gasteiger partial charge in [-0.15, -0.1) is 24.0 Å². The fraction of sp³-hybridized carbons (Fsp3) is 0.500. The van der Waals surface area contributed by atoms with Crippen LogP contribution in [0.2, 0.25) is 0 Å². The molecule has 1 aliphatic heterocycles. The molecule has 1 fully saturated rings. The number of hydrogen-bond donors (Lipinski definition) is 2. The minimum atomic E-state index is -0.513. The predicted octanol–water partition coefficient (Wildman–Crippen LogP) is 2.11. The normalized spacial score (nSPS) is 15.0. The zero-order valence-corrected chi connectivity index (χ0v) is 18.3. The Morgan fingerprint density at radius 2 is 1.67 bits per heavy atom. The van der Waals surface area contributed by atoms with Crippen LogP contribution in [-0.2, 0) is 9.53 Å². The maximum absolute atomic E-state index is 12.0. The Balaban J connectivity index is 0.00000364. The third-order valence-corrected chi connectivity index (χ3v) is 3.70. The number of nitrogens with one attached hydrogen (secondary N) is 1. The number of rotatable bonds is 3. The fourth-order valence-corrected chi connectivity index (χ4v) is 2.42. The molecule has 0 bridgehead atoms. The molecule has 1 aliphatic rings. The van der Waals surface area contributed by atoms with E-state index >= 15 is 0 Å². The molecule has 27 heavy (non-hydrogen) atoms. The van der Waals surface area contributed by atoms with E-state index in [4.69, 9.17) is 10.5 Å². The van der Waals surface area contributed by atoms with Crippen molar-refractivity contribution < 1.29 is 14.3 Å². The van der Waals surface area contributed by atoms with Crippen molar-refractivity contribution in [1.82, 2.24) is 9.80 Å². The van der Waals surface area contributed by atoms with Crippen molar-refractivity contribution in [2.24, 2.45) is 10.7 Å². The molecular formula is C18H28IN5O3. The number of para-hydroxylation sites is 1. The Kier molecular flexibility index (Phi) is 8.80. The average molecular weight is 489 g/mol. The topological polar surface area (TPSA) is 100 Å². The van der Waals surface area contributed by atoms with Crippen LogP contribution in [0.4, 0.5) is 10.5 Å². The number of guanidine groups is 1. The van der Waals surface area contributed by atoms with E-state index in [-0.39, 0.29) is 42.5 Å². The number of aliphatic imine (C=N–C) groups is 1. The number of ether oxygens (including phenoxy) is 1. The molecular weight excluding hydrogens is 461 g/mol. The van der Waals surface area contributed by atoms with Crippen molar-refractivity contribution >= 4 is 47.6 Å². The van der Waals surface area contributed by atoms with Crippen molar-refractivity contribution in [2.45, 2.75) is 26.4 Å². The molecule has 0 spiro atoms. The second-order valence-electron chi connectivity index (χ2n) is 7.04. The molecule has 9 heteroatoms. The molecule has 150 valence electrons. The number of halogens is 1. The number of amides is 2. The highest BCUT2D eigenvalue weighted by Crippen LogP contribution is 2.11. The Bertz CT molecular complexity index is 653. The molecule has 0 aliphatic carbocycles. The maximum atomic E-state index is 12.0. The first-order chi connectivity index (χ1) is 12.2. The first-order valence-corrected chi connectivity index (χ1v) is 8.62. The molecule has 1 heterocycles. The summed E-state index contributed by atoms with van der Waals surface area (Å²) < 4.78 is 5.36. The summed E-state index contributed by atoms with van der Waals surface area (Å²) in [7, 11) is 0. The van der Waals surface area contributed by atoms with E-state index in [0.29, 0.717) is 32.1 Å². The molecule has 0 atom stereocenters. The third-order valence-electron chi connectivity index (χ3n) is 3.70. The van der Waals surface area contributed by atoms with Gasteiger partial charge in [0, 0.05) is 31.9 Å². The van der Waals surface area contributed by atoms with Crippen LogP contribution in [0.1, 0.15) is 20.8 Å². The van der Waals surface area contributed by atoms with Gasteiger partial charge < -0.3 is 25.6 Å². The van der Waals surface area contributed by atoms with Crippen molar-refractivity contribution in [3.8, 4) is 0 Å². The fourth-order valence-electron chi connectivity index (χ4n) is 2.42. The second-order valence-corrected chi connectivity index (χ2v) is 7.04. The lowest BCUT2D eigenvalue weighted by atomic mass is 10.2. The molecule has 1 aromatic carbocycles. The summed E-state index contributed by atoms with van der Waals surface area (Å²) in [6, 6.07) is 9.18. The Morgan fingerprint density at radius 1 is 1.11 bits per heavy atom. The molecule has 0 unspecified atom stereocenters. The van der Waals surface area contributed by atoms with Gasteiger partial charge in [0.15, 0.2) is 5.96 Å². The van der Waals surface area contributed by atoms with E-state index in [0.717, 1.165) is 5.69 Å². The summed E-state index contributed by atoms with van der Waals surface area (Å²) in [4.78, 5) is 31.6. The van der Waals surface area contributed by atoms with Gasteiger partial charge >= 0.3 is 6.09 Å². The van der Waals surface area contributed by atoms with Crippen LogP contribution >= 0.6 is 24.0 Å². The Morgan fingerprint density at radius 3 is 2.22 bits per heavy atom. The lowest BCUT2D eigenvalue weighted by Crippen LogP contribution is -2.53. The largest absolute Gasteiger partial charge is 0.444 e. The Labute approximate surface area is 177 Å². The number of carbonyl (C=O) groups is 2. The average Bonchev–Trinajstić information content (AvgIpc) is 2.59. The summed E-state index contributed by atoms with van der Waals surface area (Å²) in [5, 5.41) is 2.75. The number of piperazine rings is 1. The molecule has 8 nitrogen and oxygen atoms in total. The minimum absolute atomic E-state index is 0. The highest BCUT2D eigenvalue weighted by molar-refractivity contribution is 14.0. The van der Waals surface area contributed by atoms with E-state index in [1.54, 1.807) is 17.0 Å². The van der Waals surface area contributed by atoms with Crippen molar-refractivity contribution in [3.05, 3.63) is 30.3 Å². The van der Waals surface area contributed by atoms with Crippen LogP contribution in [0, 0.1) is 0 Å². The van der Waals surface area contributed by atoms with Crippen LogP contribution in [0.25, 0.3) is 0 Å². The Hall–Kier alpha value is -2.04. The minimum Gasteiger partial charge on any atom is -0.444 e. The highest BCUT2D eigenvalue weighted by atomic mass is 127. The monoisotopic (exact) mass is 489 g/mol. The molecule has 0 aromatic heterocycles. The number of nitrogens with zero attached hydrogens (tertiary/aromatic N) is 3.